The Morgan fingerprint density at radius 3 is 2.58 bits per heavy atom. The van der Waals surface area contributed by atoms with E-state index in [1.54, 1.807) is 6.92 Å². The fourth-order valence-corrected chi connectivity index (χ4v) is 3.43. The van der Waals surface area contributed by atoms with Gasteiger partial charge in [0, 0.05) is 25.1 Å². The summed E-state index contributed by atoms with van der Waals surface area (Å²) in [6, 6.07) is 1.41. The van der Waals surface area contributed by atoms with E-state index in [1.807, 2.05) is 0 Å². The van der Waals surface area contributed by atoms with Gasteiger partial charge in [-0.05, 0) is 25.5 Å². The van der Waals surface area contributed by atoms with Gasteiger partial charge in [0.05, 0.1) is 16.0 Å². The molecule has 0 atom stereocenters. The van der Waals surface area contributed by atoms with E-state index in [-0.39, 0.29) is 27.8 Å². The molecule has 2 aromatic heterocycles. The highest BCUT2D eigenvalue weighted by molar-refractivity contribution is 7.90. The molecular formula is C17H15F3N2O3S. The molecule has 0 saturated heterocycles. The maximum atomic E-state index is 13.2. The zero-order chi connectivity index (χ0) is 19.1. The molecule has 0 radical (unpaired) electrons. The number of oxazole rings is 1. The normalized spacial score (nSPS) is 15.6. The van der Waals surface area contributed by atoms with Gasteiger partial charge < -0.3 is 4.42 Å². The van der Waals surface area contributed by atoms with Gasteiger partial charge in [-0.3, -0.25) is 4.98 Å². The number of nitrogens with zero attached hydrogens (tertiary/aromatic N) is 2. The number of fused-ring (bicyclic) bond motifs is 1. The molecule has 26 heavy (non-hydrogen) atoms. The van der Waals surface area contributed by atoms with Crippen molar-refractivity contribution >= 4 is 15.9 Å². The number of sulfone groups is 1. The summed E-state index contributed by atoms with van der Waals surface area (Å²) in [5, 5.41) is 0. The van der Waals surface area contributed by atoms with Crippen LogP contribution in [0.1, 0.15) is 24.8 Å². The fourth-order valence-electron chi connectivity index (χ4n) is 2.62. The number of rotatable bonds is 2. The maximum absolute atomic E-state index is 13.2. The lowest BCUT2D eigenvalue weighted by Gasteiger charge is -2.11. The zero-order valence-corrected chi connectivity index (χ0v) is 14.8. The molecule has 0 aliphatic heterocycles. The van der Waals surface area contributed by atoms with Crippen LogP contribution in [0.25, 0.3) is 17.5 Å². The summed E-state index contributed by atoms with van der Waals surface area (Å²) in [7, 11) is -3.61. The van der Waals surface area contributed by atoms with E-state index in [0.29, 0.717) is 18.4 Å². The Morgan fingerprint density at radius 1 is 1.19 bits per heavy atom. The second-order valence-corrected chi connectivity index (χ2v) is 8.04. The monoisotopic (exact) mass is 384 g/mol. The summed E-state index contributed by atoms with van der Waals surface area (Å²) in [6.07, 6.45) is 1.78. The minimum Gasteiger partial charge on any atom is -0.440 e. The van der Waals surface area contributed by atoms with E-state index in [0.717, 1.165) is 24.6 Å². The summed E-state index contributed by atoms with van der Waals surface area (Å²) in [6.45, 7) is 1.62. The molecule has 3 rings (SSSR count). The van der Waals surface area contributed by atoms with Crippen LogP contribution >= 0.6 is 0 Å². The maximum Gasteiger partial charge on any atom is 0.416 e. The van der Waals surface area contributed by atoms with Crippen molar-refractivity contribution in [2.24, 2.45) is 0 Å². The Kier molecular flexibility index (Phi) is 4.51. The zero-order valence-electron chi connectivity index (χ0n) is 14.0. The second-order valence-electron chi connectivity index (χ2n) is 6.06. The molecule has 0 bridgehead atoms. The van der Waals surface area contributed by atoms with Crippen molar-refractivity contribution in [1.29, 1.82) is 0 Å². The van der Waals surface area contributed by atoms with Crippen LogP contribution in [0.4, 0.5) is 13.2 Å². The van der Waals surface area contributed by atoms with Crippen molar-refractivity contribution in [3.63, 3.8) is 0 Å². The largest absolute Gasteiger partial charge is 0.440 e. The summed E-state index contributed by atoms with van der Waals surface area (Å²) < 4.78 is 69.1. The molecule has 138 valence electrons. The van der Waals surface area contributed by atoms with Crippen LogP contribution in [0, 0.1) is 0 Å². The number of allylic oxidation sites excluding steroid dienone is 3. The Hall–Kier alpha value is -2.42. The molecule has 0 amide bonds. The molecule has 0 saturated carbocycles. The van der Waals surface area contributed by atoms with Crippen LogP contribution in [0.15, 0.2) is 45.0 Å². The van der Waals surface area contributed by atoms with Gasteiger partial charge in [0.15, 0.2) is 9.84 Å². The minimum atomic E-state index is -4.52. The molecule has 1 aliphatic carbocycles. The first-order valence-corrected chi connectivity index (χ1v) is 9.55. The van der Waals surface area contributed by atoms with Crippen LogP contribution in [-0.4, -0.2) is 30.8 Å². The molecule has 5 nitrogen and oxygen atoms in total. The molecular weight excluding hydrogens is 369 g/mol. The van der Waals surface area contributed by atoms with Gasteiger partial charge in [-0.15, -0.1) is 0 Å². The number of aromatic nitrogens is 2. The molecule has 0 unspecified atom stereocenters. The average molecular weight is 384 g/mol. The summed E-state index contributed by atoms with van der Waals surface area (Å²) in [5.41, 5.74) is -0.0417. The highest BCUT2D eigenvalue weighted by Crippen LogP contribution is 2.35. The van der Waals surface area contributed by atoms with Crippen molar-refractivity contribution in [2.75, 3.05) is 6.26 Å². The average Bonchev–Trinajstić information content (AvgIpc) is 2.91. The Bertz CT molecular complexity index is 1020. The molecule has 2 heterocycles. The third kappa shape index (κ3) is 3.72. The van der Waals surface area contributed by atoms with Gasteiger partial charge in [-0.2, -0.15) is 13.2 Å². The Balaban J connectivity index is 2.16. The lowest BCUT2D eigenvalue weighted by atomic mass is 10.0. The molecule has 9 heteroatoms. The number of halogens is 3. The topological polar surface area (TPSA) is 73.1 Å². The van der Waals surface area contributed by atoms with Crippen molar-refractivity contribution in [1.82, 2.24) is 9.97 Å². The van der Waals surface area contributed by atoms with Gasteiger partial charge in [-0.25, -0.2) is 13.4 Å². The first-order valence-electron chi connectivity index (χ1n) is 7.66. The van der Waals surface area contributed by atoms with Crippen molar-refractivity contribution in [3.8, 4) is 11.5 Å². The number of pyridine rings is 1. The molecule has 0 aromatic carbocycles. The van der Waals surface area contributed by atoms with E-state index in [4.69, 9.17) is 4.42 Å². The number of alkyl halides is 3. The number of hydrogen-bond acceptors (Lipinski definition) is 5. The third-order valence-corrected chi connectivity index (χ3v) is 5.03. The van der Waals surface area contributed by atoms with Crippen LogP contribution in [0.3, 0.4) is 0 Å². The van der Waals surface area contributed by atoms with Crippen LogP contribution < -0.4 is 0 Å². The minimum absolute atomic E-state index is 0.0462. The quantitative estimate of drug-likeness (QED) is 0.783. The SMILES string of the molecule is CC1=CC(C(F)(F)F)=Cc2nc(-c3ccncc3S(C)(=O)=O)oc2CC1. The highest BCUT2D eigenvalue weighted by Gasteiger charge is 2.33. The Labute approximate surface area is 148 Å². The molecule has 0 spiro atoms. The van der Waals surface area contributed by atoms with Crippen molar-refractivity contribution in [2.45, 2.75) is 30.8 Å². The van der Waals surface area contributed by atoms with Crippen LogP contribution in [0.5, 0.6) is 0 Å². The van der Waals surface area contributed by atoms with Gasteiger partial charge in [0.1, 0.15) is 11.5 Å². The van der Waals surface area contributed by atoms with Crippen LogP contribution in [0.2, 0.25) is 0 Å². The predicted molar refractivity (Wildman–Crippen MR) is 89.0 cm³/mol. The summed E-state index contributed by atoms with van der Waals surface area (Å²) in [4.78, 5) is 7.81. The first kappa shape index (κ1) is 18.4. The van der Waals surface area contributed by atoms with Crippen LogP contribution in [-0.2, 0) is 16.3 Å². The lowest BCUT2D eigenvalue weighted by Crippen LogP contribution is -2.11. The fraction of sp³-hybridized carbons (Fsp3) is 0.294. The number of aryl methyl sites for hydroxylation is 1. The first-order chi connectivity index (χ1) is 12.1. The van der Waals surface area contributed by atoms with Gasteiger partial charge in [0.25, 0.3) is 0 Å². The second kappa shape index (κ2) is 6.39. The van der Waals surface area contributed by atoms with E-state index >= 15 is 0 Å². The van der Waals surface area contributed by atoms with E-state index in [1.165, 1.54) is 12.3 Å². The highest BCUT2D eigenvalue weighted by atomic mass is 32.2. The third-order valence-electron chi connectivity index (χ3n) is 3.91. The molecule has 1 aliphatic rings. The van der Waals surface area contributed by atoms with Crippen molar-refractivity contribution in [3.05, 3.63) is 47.1 Å². The lowest BCUT2D eigenvalue weighted by molar-refractivity contribution is -0.0874. The summed E-state index contributed by atoms with van der Waals surface area (Å²) >= 11 is 0. The standard InChI is InChI=1S/C17H15F3N2O3S/c1-10-3-4-14-13(8-11(7-10)17(18,19)20)22-16(25-14)12-5-6-21-9-15(12)26(2,23)24/h5-9H,3-4H2,1-2H3. The number of hydrogen-bond donors (Lipinski definition) is 0. The van der Waals surface area contributed by atoms with Gasteiger partial charge >= 0.3 is 6.18 Å². The smallest absolute Gasteiger partial charge is 0.416 e. The molecule has 0 fully saturated rings. The van der Waals surface area contributed by atoms with Gasteiger partial charge in [-0.1, -0.05) is 11.6 Å². The molecule has 0 N–H and O–H groups in total. The van der Waals surface area contributed by atoms with Crippen molar-refractivity contribution < 1.29 is 26.0 Å². The van der Waals surface area contributed by atoms with E-state index < -0.39 is 21.6 Å². The Morgan fingerprint density at radius 2 is 1.92 bits per heavy atom. The van der Waals surface area contributed by atoms with E-state index in [9.17, 15) is 21.6 Å². The summed E-state index contributed by atoms with van der Waals surface area (Å²) in [5.74, 6) is 0.237. The van der Waals surface area contributed by atoms with E-state index in [2.05, 4.69) is 9.97 Å². The van der Waals surface area contributed by atoms with Gasteiger partial charge in [0.2, 0.25) is 5.89 Å². The predicted octanol–water partition coefficient (Wildman–Crippen LogP) is 3.98. The molecule has 2 aromatic rings.